The summed E-state index contributed by atoms with van der Waals surface area (Å²) in [5.74, 6) is 0.793. The molecule has 1 atom stereocenters. The lowest BCUT2D eigenvalue weighted by Crippen LogP contribution is -2.32. The summed E-state index contributed by atoms with van der Waals surface area (Å²) >= 11 is 0. The molecule has 1 unspecified atom stereocenters. The SMILES string of the molecule is CCCC1Cc2cc(-c3cnn(C)c3)ccc2N(C)C1. The van der Waals surface area contributed by atoms with Crippen LogP contribution in [-0.4, -0.2) is 23.4 Å². The average Bonchev–Trinajstić information content (AvgIpc) is 2.85. The Morgan fingerprint density at radius 3 is 2.80 bits per heavy atom. The summed E-state index contributed by atoms with van der Waals surface area (Å²) in [6, 6.07) is 6.83. The van der Waals surface area contributed by atoms with E-state index < -0.39 is 0 Å². The molecule has 0 aliphatic carbocycles. The van der Waals surface area contributed by atoms with Crippen molar-refractivity contribution in [1.82, 2.24) is 9.78 Å². The number of nitrogens with zero attached hydrogens (tertiary/aromatic N) is 3. The number of rotatable bonds is 3. The Morgan fingerprint density at radius 2 is 2.10 bits per heavy atom. The zero-order valence-corrected chi connectivity index (χ0v) is 12.6. The Bertz CT molecular complexity index is 600. The first-order valence-electron chi connectivity index (χ1n) is 7.50. The summed E-state index contributed by atoms with van der Waals surface area (Å²) in [6.45, 7) is 3.47. The molecule has 1 aromatic carbocycles. The normalized spacial score (nSPS) is 18.1. The fourth-order valence-corrected chi connectivity index (χ4v) is 3.33. The van der Waals surface area contributed by atoms with E-state index in [0.717, 1.165) is 5.92 Å². The summed E-state index contributed by atoms with van der Waals surface area (Å²) in [6.07, 6.45) is 7.83. The van der Waals surface area contributed by atoms with Crippen molar-refractivity contribution in [2.75, 3.05) is 18.5 Å². The first kappa shape index (κ1) is 13.2. The highest BCUT2D eigenvalue weighted by atomic mass is 15.2. The molecular weight excluding hydrogens is 246 g/mol. The molecule has 3 heteroatoms. The summed E-state index contributed by atoms with van der Waals surface area (Å²) in [7, 11) is 4.18. The Labute approximate surface area is 121 Å². The number of aromatic nitrogens is 2. The minimum absolute atomic E-state index is 0.793. The Balaban J connectivity index is 1.93. The summed E-state index contributed by atoms with van der Waals surface area (Å²) in [5, 5.41) is 4.27. The van der Waals surface area contributed by atoms with Crippen LogP contribution in [-0.2, 0) is 13.5 Å². The highest BCUT2D eigenvalue weighted by molar-refractivity contribution is 5.68. The molecule has 106 valence electrons. The number of fused-ring (bicyclic) bond motifs is 1. The molecule has 1 aromatic heterocycles. The second kappa shape index (κ2) is 5.31. The predicted molar refractivity (Wildman–Crippen MR) is 84.0 cm³/mol. The van der Waals surface area contributed by atoms with Crippen LogP contribution >= 0.6 is 0 Å². The lowest BCUT2D eigenvalue weighted by molar-refractivity contribution is 0.462. The fraction of sp³-hybridized carbons (Fsp3) is 0.471. The molecule has 0 bridgehead atoms. The third kappa shape index (κ3) is 2.45. The van der Waals surface area contributed by atoms with Crippen LogP contribution in [0.2, 0.25) is 0 Å². The molecule has 3 nitrogen and oxygen atoms in total. The molecule has 0 saturated carbocycles. The van der Waals surface area contributed by atoms with Gasteiger partial charge in [-0.25, -0.2) is 0 Å². The van der Waals surface area contributed by atoms with Crippen LogP contribution in [0.5, 0.6) is 0 Å². The lowest BCUT2D eigenvalue weighted by Gasteiger charge is -2.33. The van der Waals surface area contributed by atoms with Crippen LogP contribution in [0.1, 0.15) is 25.3 Å². The zero-order chi connectivity index (χ0) is 14.1. The van der Waals surface area contributed by atoms with Crippen molar-refractivity contribution in [1.29, 1.82) is 0 Å². The summed E-state index contributed by atoms with van der Waals surface area (Å²) in [5.41, 5.74) is 5.36. The molecular formula is C17H23N3. The quantitative estimate of drug-likeness (QED) is 0.850. The monoisotopic (exact) mass is 269 g/mol. The molecule has 2 aromatic rings. The molecule has 3 rings (SSSR count). The van der Waals surface area contributed by atoms with E-state index in [-0.39, 0.29) is 0 Å². The molecule has 0 amide bonds. The molecule has 0 spiro atoms. The van der Waals surface area contributed by atoms with E-state index in [1.807, 2.05) is 17.9 Å². The highest BCUT2D eigenvalue weighted by Gasteiger charge is 2.22. The van der Waals surface area contributed by atoms with Gasteiger partial charge in [-0.15, -0.1) is 0 Å². The van der Waals surface area contributed by atoms with Crippen molar-refractivity contribution in [2.24, 2.45) is 13.0 Å². The minimum Gasteiger partial charge on any atom is -0.374 e. The maximum atomic E-state index is 4.27. The van der Waals surface area contributed by atoms with Gasteiger partial charge in [0.05, 0.1) is 6.20 Å². The predicted octanol–water partition coefficient (Wildman–Crippen LogP) is 3.50. The maximum absolute atomic E-state index is 4.27. The number of benzene rings is 1. The summed E-state index contributed by atoms with van der Waals surface area (Å²) in [4.78, 5) is 2.41. The van der Waals surface area contributed by atoms with Gasteiger partial charge in [-0.2, -0.15) is 5.10 Å². The van der Waals surface area contributed by atoms with Crippen LogP contribution in [0, 0.1) is 5.92 Å². The van der Waals surface area contributed by atoms with Crippen LogP contribution in [0.4, 0.5) is 5.69 Å². The number of hydrogen-bond donors (Lipinski definition) is 0. The Morgan fingerprint density at radius 1 is 1.25 bits per heavy atom. The molecule has 0 radical (unpaired) electrons. The van der Waals surface area contributed by atoms with Gasteiger partial charge < -0.3 is 4.90 Å². The number of anilines is 1. The molecule has 2 heterocycles. The summed E-state index contributed by atoms with van der Waals surface area (Å²) < 4.78 is 1.86. The van der Waals surface area contributed by atoms with E-state index in [1.165, 1.54) is 48.2 Å². The van der Waals surface area contributed by atoms with Crippen molar-refractivity contribution in [3.05, 3.63) is 36.2 Å². The average molecular weight is 269 g/mol. The molecule has 1 aliphatic heterocycles. The molecule has 0 N–H and O–H groups in total. The highest BCUT2D eigenvalue weighted by Crippen LogP contribution is 2.33. The van der Waals surface area contributed by atoms with E-state index in [4.69, 9.17) is 0 Å². The molecule has 0 saturated heterocycles. The van der Waals surface area contributed by atoms with Crippen LogP contribution in [0.15, 0.2) is 30.6 Å². The van der Waals surface area contributed by atoms with Crippen molar-refractivity contribution < 1.29 is 0 Å². The van der Waals surface area contributed by atoms with Crippen molar-refractivity contribution in [3.63, 3.8) is 0 Å². The largest absolute Gasteiger partial charge is 0.374 e. The molecule has 1 aliphatic rings. The first-order chi connectivity index (χ1) is 9.67. The third-order valence-electron chi connectivity index (χ3n) is 4.27. The van der Waals surface area contributed by atoms with Crippen molar-refractivity contribution in [2.45, 2.75) is 26.2 Å². The van der Waals surface area contributed by atoms with Crippen molar-refractivity contribution >= 4 is 5.69 Å². The van der Waals surface area contributed by atoms with Crippen molar-refractivity contribution in [3.8, 4) is 11.1 Å². The van der Waals surface area contributed by atoms with Crippen LogP contribution in [0.25, 0.3) is 11.1 Å². The smallest absolute Gasteiger partial charge is 0.0568 e. The van der Waals surface area contributed by atoms with E-state index in [2.05, 4.69) is 48.4 Å². The van der Waals surface area contributed by atoms with Gasteiger partial charge in [0.25, 0.3) is 0 Å². The van der Waals surface area contributed by atoms with Gasteiger partial charge in [-0.3, -0.25) is 4.68 Å². The number of hydrogen-bond acceptors (Lipinski definition) is 2. The van der Waals surface area contributed by atoms with Crippen LogP contribution < -0.4 is 4.90 Å². The first-order valence-corrected chi connectivity index (χ1v) is 7.50. The molecule has 20 heavy (non-hydrogen) atoms. The Kier molecular flexibility index (Phi) is 3.51. The van der Waals surface area contributed by atoms with E-state index in [1.54, 1.807) is 0 Å². The maximum Gasteiger partial charge on any atom is 0.0568 e. The van der Waals surface area contributed by atoms with E-state index in [9.17, 15) is 0 Å². The Hall–Kier alpha value is -1.77. The fourth-order valence-electron chi connectivity index (χ4n) is 3.33. The zero-order valence-electron chi connectivity index (χ0n) is 12.6. The van der Waals surface area contributed by atoms with Gasteiger partial charge in [0.15, 0.2) is 0 Å². The van der Waals surface area contributed by atoms with Gasteiger partial charge in [-0.05, 0) is 42.0 Å². The van der Waals surface area contributed by atoms with Crippen LogP contribution in [0.3, 0.4) is 0 Å². The third-order valence-corrected chi connectivity index (χ3v) is 4.27. The van der Waals surface area contributed by atoms with Gasteiger partial charge in [0.1, 0.15) is 0 Å². The lowest BCUT2D eigenvalue weighted by atomic mass is 9.88. The van der Waals surface area contributed by atoms with Gasteiger partial charge in [0, 0.05) is 38.1 Å². The van der Waals surface area contributed by atoms with Gasteiger partial charge >= 0.3 is 0 Å². The minimum atomic E-state index is 0.793. The van der Waals surface area contributed by atoms with Gasteiger partial charge in [0.2, 0.25) is 0 Å². The van der Waals surface area contributed by atoms with E-state index in [0.29, 0.717) is 0 Å². The van der Waals surface area contributed by atoms with E-state index >= 15 is 0 Å². The molecule has 0 fully saturated rings. The standard InChI is InChI=1S/C17H23N3/c1-4-5-13-8-15-9-14(16-10-18-20(3)12-16)6-7-17(15)19(2)11-13/h6-7,9-10,12-13H,4-5,8,11H2,1-3H3. The second-order valence-corrected chi connectivity index (χ2v) is 5.99. The number of aryl methyl sites for hydroxylation is 1. The van der Waals surface area contributed by atoms with Gasteiger partial charge in [-0.1, -0.05) is 19.4 Å². The topological polar surface area (TPSA) is 21.1 Å². The second-order valence-electron chi connectivity index (χ2n) is 5.99.